The van der Waals surface area contributed by atoms with E-state index in [4.69, 9.17) is 0 Å². The number of anilines is 1. The second-order valence-corrected chi connectivity index (χ2v) is 6.48. The van der Waals surface area contributed by atoms with Crippen LogP contribution in [0.15, 0.2) is 30.9 Å². The van der Waals surface area contributed by atoms with E-state index in [-0.39, 0.29) is 11.9 Å². The Labute approximate surface area is 145 Å². The molecule has 8 heteroatoms. The summed E-state index contributed by atoms with van der Waals surface area (Å²) in [6, 6.07) is 4.15. The van der Waals surface area contributed by atoms with Crippen molar-refractivity contribution >= 4 is 17.4 Å². The van der Waals surface area contributed by atoms with Crippen LogP contribution in [-0.4, -0.2) is 49.2 Å². The van der Waals surface area contributed by atoms with Crippen molar-refractivity contribution in [2.45, 2.75) is 25.8 Å². The second kappa shape index (κ2) is 6.19. The van der Waals surface area contributed by atoms with Gasteiger partial charge in [0.05, 0.1) is 18.7 Å². The molecule has 130 valence electrons. The van der Waals surface area contributed by atoms with Gasteiger partial charge in [-0.05, 0) is 19.8 Å². The largest absolute Gasteiger partial charge is 0.356 e. The quantitative estimate of drug-likeness (QED) is 0.775. The first-order valence-electron chi connectivity index (χ1n) is 8.45. The SMILES string of the molecule is Cc1cc(N2CCC(NC(=O)c3cncn3C)CC2)n2nccc2n1. The number of fused-ring (bicyclic) bond motifs is 1. The molecule has 1 N–H and O–H groups in total. The molecular weight excluding hydrogens is 318 g/mol. The number of amides is 1. The van der Waals surface area contributed by atoms with Gasteiger partial charge in [0.2, 0.25) is 0 Å². The first kappa shape index (κ1) is 15.6. The summed E-state index contributed by atoms with van der Waals surface area (Å²) in [7, 11) is 1.83. The molecule has 0 aliphatic carbocycles. The lowest BCUT2D eigenvalue weighted by atomic mass is 10.0. The topological polar surface area (TPSA) is 80.4 Å². The Morgan fingerprint density at radius 3 is 2.84 bits per heavy atom. The summed E-state index contributed by atoms with van der Waals surface area (Å²) in [5.74, 6) is 0.997. The molecule has 0 saturated carbocycles. The number of piperidine rings is 1. The lowest BCUT2D eigenvalue weighted by Gasteiger charge is -2.33. The summed E-state index contributed by atoms with van der Waals surface area (Å²) in [5, 5.41) is 7.50. The molecule has 3 aromatic rings. The molecule has 1 aliphatic heterocycles. The summed E-state index contributed by atoms with van der Waals surface area (Å²) in [6.45, 7) is 3.74. The number of rotatable bonds is 3. The normalized spacial score (nSPS) is 15.7. The van der Waals surface area contributed by atoms with E-state index in [9.17, 15) is 4.79 Å². The zero-order chi connectivity index (χ0) is 17.4. The monoisotopic (exact) mass is 339 g/mol. The third-order valence-electron chi connectivity index (χ3n) is 4.67. The molecule has 0 bridgehead atoms. The van der Waals surface area contributed by atoms with Crippen LogP contribution >= 0.6 is 0 Å². The number of nitrogens with zero attached hydrogens (tertiary/aromatic N) is 6. The van der Waals surface area contributed by atoms with Crippen LogP contribution in [0.5, 0.6) is 0 Å². The zero-order valence-electron chi connectivity index (χ0n) is 14.4. The molecule has 1 fully saturated rings. The highest BCUT2D eigenvalue weighted by Crippen LogP contribution is 2.21. The molecule has 4 rings (SSSR count). The van der Waals surface area contributed by atoms with Crippen molar-refractivity contribution in [2.75, 3.05) is 18.0 Å². The van der Waals surface area contributed by atoms with Gasteiger partial charge in [-0.3, -0.25) is 4.79 Å². The van der Waals surface area contributed by atoms with E-state index in [1.165, 1.54) is 0 Å². The van der Waals surface area contributed by atoms with E-state index in [1.807, 2.05) is 24.6 Å². The standard InChI is InChI=1S/C17H21N7O/c1-12-9-16(24-15(20-12)3-6-19-24)23-7-4-13(5-8-23)21-17(25)14-10-18-11-22(14)2/h3,6,9-11,13H,4-5,7-8H2,1-2H3,(H,21,25). The molecule has 0 spiro atoms. The van der Waals surface area contributed by atoms with Crippen molar-refractivity contribution in [3.8, 4) is 0 Å². The van der Waals surface area contributed by atoms with Gasteiger partial charge in [-0.1, -0.05) is 0 Å². The molecule has 8 nitrogen and oxygen atoms in total. The van der Waals surface area contributed by atoms with E-state index in [0.29, 0.717) is 5.69 Å². The van der Waals surface area contributed by atoms with Crippen LogP contribution in [0.1, 0.15) is 29.0 Å². The lowest BCUT2D eigenvalue weighted by Crippen LogP contribution is -2.45. The average Bonchev–Trinajstić information content (AvgIpc) is 3.23. The Morgan fingerprint density at radius 2 is 2.12 bits per heavy atom. The molecule has 0 radical (unpaired) electrons. The van der Waals surface area contributed by atoms with Crippen molar-refractivity contribution in [1.82, 2.24) is 29.5 Å². The highest BCUT2D eigenvalue weighted by Gasteiger charge is 2.24. The Hall–Kier alpha value is -2.90. The van der Waals surface area contributed by atoms with Crippen molar-refractivity contribution in [3.63, 3.8) is 0 Å². The van der Waals surface area contributed by atoms with E-state index >= 15 is 0 Å². The third-order valence-corrected chi connectivity index (χ3v) is 4.67. The molecule has 0 aromatic carbocycles. The summed E-state index contributed by atoms with van der Waals surface area (Å²) in [4.78, 5) is 23.1. The minimum atomic E-state index is -0.0623. The molecule has 1 saturated heterocycles. The van der Waals surface area contributed by atoms with Crippen LogP contribution in [-0.2, 0) is 7.05 Å². The molecule has 25 heavy (non-hydrogen) atoms. The van der Waals surface area contributed by atoms with Gasteiger partial charge < -0.3 is 14.8 Å². The van der Waals surface area contributed by atoms with Gasteiger partial charge in [-0.15, -0.1) is 0 Å². The van der Waals surface area contributed by atoms with Gasteiger partial charge in [0.1, 0.15) is 11.5 Å². The highest BCUT2D eigenvalue weighted by atomic mass is 16.2. The van der Waals surface area contributed by atoms with Gasteiger partial charge in [0.15, 0.2) is 5.65 Å². The van der Waals surface area contributed by atoms with Gasteiger partial charge in [-0.2, -0.15) is 9.61 Å². The van der Waals surface area contributed by atoms with E-state index in [1.54, 1.807) is 23.3 Å². The maximum Gasteiger partial charge on any atom is 0.269 e. The van der Waals surface area contributed by atoms with Gasteiger partial charge >= 0.3 is 0 Å². The first-order valence-corrected chi connectivity index (χ1v) is 8.45. The molecule has 0 unspecified atom stereocenters. The van der Waals surface area contributed by atoms with Crippen molar-refractivity contribution in [1.29, 1.82) is 0 Å². The minimum absolute atomic E-state index is 0.0623. The fourth-order valence-corrected chi connectivity index (χ4v) is 3.33. The van der Waals surface area contributed by atoms with Crippen LogP contribution in [0.4, 0.5) is 5.82 Å². The lowest BCUT2D eigenvalue weighted by molar-refractivity contribution is 0.0923. The number of carbonyl (C=O) groups excluding carboxylic acids is 1. The highest BCUT2D eigenvalue weighted by molar-refractivity contribution is 5.92. The van der Waals surface area contributed by atoms with E-state index in [2.05, 4.69) is 31.3 Å². The second-order valence-electron chi connectivity index (χ2n) is 6.48. The van der Waals surface area contributed by atoms with Crippen LogP contribution < -0.4 is 10.2 Å². The summed E-state index contributed by atoms with van der Waals surface area (Å²) >= 11 is 0. The van der Waals surface area contributed by atoms with Crippen LogP contribution in [0.2, 0.25) is 0 Å². The molecule has 3 aromatic heterocycles. The third kappa shape index (κ3) is 2.95. The molecular formula is C17H21N7O. The average molecular weight is 339 g/mol. The smallest absolute Gasteiger partial charge is 0.269 e. The zero-order valence-corrected chi connectivity index (χ0v) is 14.4. The van der Waals surface area contributed by atoms with E-state index < -0.39 is 0 Å². The Balaban J connectivity index is 1.44. The maximum atomic E-state index is 12.3. The Morgan fingerprint density at radius 1 is 1.32 bits per heavy atom. The first-order chi connectivity index (χ1) is 12.1. The number of aromatic nitrogens is 5. The number of hydrogen-bond donors (Lipinski definition) is 1. The van der Waals surface area contributed by atoms with Crippen molar-refractivity contribution in [3.05, 3.63) is 42.2 Å². The molecule has 4 heterocycles. The van der Waals surface area contributed by atoms with Gasteiger partial charge in [-0.25, -0.2) is 9.97 Å². The maximum absolute atomic E-state index is 12.3. The fraction of sp³-hybridized carbons (Fsp3) is 0.412. The minimum Gasteiger partial charge on any atom is -0.356 e. The summed E-state index contributed by atoms with van der Waals surface area (Å²) < 4.78 is 3.61. The van der Waals surface area contributed by atoms with Crippen molar-refractivity contribution < 1.29 is 4.79 Å². The predicted molar refractivity (Wildman–Crippen MR) is 93.6 cm³/mol. The Bertz CT molecular complexity index is 905. The number of imidazole rings is 1. The number of nitrogens with one attached hydrogen (secondary N) is 1. The Kier molecular flexibility index (Phi) is 3.87. The van der Waals surface area contributed by atoms with Crippen LogP contribution in [0.3, 0.4) is 0 Å². The molecule has 1 aliphatic rings. The number of carbonyl (C=O) groups is 1. The van der Waals surface area contributed by atoms with E-state index in [0.717, 1.165) is 43.1 Å². The number of hydrogen-bond acceptors (Lipinski definition) is 5. The predicted octanol–water partition coefficient (Wildman–Crippen LogP) is 1.17. The molecule has 1 amide bonds. The van der Waals surface area contributed by atoms with Crippen LogP contribution in [0, 0.1) is 6.92 Å². The van der Waals surface area contributed by atoms with Gasteiger partial charge in [0, 0.05) is 44.0 Å². The van der Waals surface area contributed by atoms with Gasteiger partial charge in [0.25, 0.3) is 5.91 Å². The summed E-state index contributed by atoms with van der Waals surface area (Å²) in [6.07, 6.45) is 6.80. The number of aryl methyl sites for hydroxylation is 2. The summed E-state index contributed by atoms with van der Waals surface area (Å²) in [5.41, 5.74) is 2.43. The van der Waals surface area contributed by atoms with Crippen LogP contribution in [0.25, 0.3) is 5.65 Å². The fourth-order valence-electron chi connectivity index (χ4n) is 3.33. The molecule has 0 atom stereocenters. The van der Waals surface area contributed by atoms with Crippen molar-refractivity contribution in [2.24, 2.45) is 7.05 Å².